The van der Waals surface area contributed by atoms with E-state index >= 15 is 0 Å². The molecule has 0 spiro atoms. The van der Waals surface area contributed by atoms with Crippen molar-refractivity contribution in [3.05, 3.63) is 46.9 Å². The molecule has 0 bridgehead atoms. The third-order valence-corrected chi connectivity index (χ3v) is 2.93. The van der Waals surface area contributed by atoms with E-state index in [1.54, 1.807) is 0 Å². The molecule has 0 radical (unpaired) electrons. The average molecular weight is 311 g/mol. The largest absolute Gasteiger partial charge is 0.475 e. The summed E-state index contributed by atoms with van der Waals surface area (Å²) >= 11 is 5.64. The van der Waals surface area contributed by atoms with Crippen LogP contribution in [-0.2, 0) is 9.59 Å². The second-order valence-electron chi connectivity index (χ2n) is 4.12. The first-order chi connectivity index (χ1) is 9.88. The van der Waals surface area contributed by atoms with Gasteiger partial charge in [-0.25, -0.2) is 9.18 Å². The van der Waals surface area contributed by atoms with Crippen molar-refractivity contribution in [1.29, 1.82) is 0 Å². The van der Waals surface area contributed by atoms with Crippen LogP contribution in [0.1, 0.15) is 17.0 Å². The van der Waals surface area contributed by atoms with Crippen molar-refractivity contribution in [1.82, 2.24) is 0 Å². The highest BCUT2D eigenvalue weighted by Gasteiger charge is 2.20. The third kappa shape index (κ3) is 3.35. The number of hydrogen-bond acceptors (Lipinski definition) is 4. The van der Waals surface area contributed by atoms with Crippen molar-refractivity contribution in [2.45, 2.75) is 6.42 Å². The highest BCUT2D eigenvalue weighted by atomic mass is 35.5. The van der Waals surface area contributed by atoms with Gasteiger partial charge in [0, 0.05) is 5.56 Å². The second kappa shape index (κ2) is 5.88. The normalized spacial score (nSPS) is 10.4. The molecule has 0 fully saturated rings. The Morgan fingerprint density at radius 2 is 1.90 bits per heavy atom. The van der Waals surface area contributed by atoms with Gasteiger partial charge in [0.05, 0.1) is 11.4 Å². The number of carboxylic acid groups (broad SMARTS) is 1. The highest BCUT2D eigenvalue weighted by Crippen LogP contribution is 2.26. The fraction of sp³-hybridized carbons (Fsp3) is 0.0714. The maximum atomic E-state index is 13.1. The van der Waals surface area contributed by atoms with Crippen molar-refractivity contribution in [2.75, 3.05) is 0 Å². The SMILES string of the molecule is O=C(O)C(=O)CC(=O)c1ccc(-c2ccc(F)c(Cl)c2)o1. The zero-order chi connectivity index (χ0) is 15.6. The Morgan fingerprint density at radius 3 is 2.52 bits per heavy atom. The second-order valence-corrected chi connectivity index (χ2v) is 4.53. The van der Waals surface area contributed by atoms with Gasteiger partial charge in [0.25, 0.3) is 0 Å². The van der Waals surface area contributed by atoms with Crippen molar-refractivity contribution >= 4 is 29.1 Å². The molecule has 0 unspecified atom stereocenters. The molecule has 0 aliphatic rings. The third-order valence-electron chi connectivity index (χ3n) is 2.64. The predicted molar refractivity (Wildman–Crippen MR) is 70.7 cm³/mol. The molecule has 0 saturated carbocycles. The van der Waals surface area contributed by atoms with Gasteiger partial charge >= 0.3 is 5.97 Å². The molecule has 0 aliphatic heterocycles. The topological polar surface area (TPSA) is 84.6 Å². The van der Waals surface area contributed by atoms with Crippen molar-refractivity contribution < 1.29 is 28.3 Å². The minimum Gasteiger partial charge on any atom is -0.475 e. The smallest absolute Gasteiger partial charge is 0.372 e. The molecule has 0 aliphatic carbocycles. The Kier molecular flexibility index (Phi) is 4.18. The van der Waals surface area contributed by atoms with Crippen LogP contribution in [0, 0.1) is 5.82 Å². The van der Waals surface area contributed by atoms with E-state index in [0.717, 1.165) is 6.07 Å². The molecular formula is C14H8ClFO5. The molecule has 1 heterocycles. The fourth-order valence-electron chi connectivity index (χ4n) is 1.60. The van der Waals surface area contributed by atoms with E-state index in [1.165, 1.54) is 24.3 Å². The van der Waals surface area contributed by atoms with Gasteiger partial charge in [0.15, 0.2) is 5.76 Å². The summed E-state index contributed by atoms with van der Waals surface area (Å²) in [6, 6.07) is 6.64. The van der Waals surface area contributed by atoms with Crippen LogP contribution in [0.3, 0.4) is 0 Å². The van der Waals surface area contributed by atoms with Gasteiger partial charge in [0.2, 0.25) is 11.6 Å². The Hall–Kier alpha value is -2.47. The lowest BCUT2D eigenvalue weighted by atomic mass is 10.1. The van der Waals surface area contributed by atoms with Crippen molar-refractivity contribution in [3.8, 4) is 11.3 Å². The summed E-state index contributed by atoms with van der Waals surface area (Å²) in [6.45, 7) is 0. The van der Waals surface area contributed by atoms with E-state index in [0.29, 0.717) is 5.56 Å². The number of Topliss-reactive ketones (excluding diaryl/α,β-unsaturated/α-hetero) is 2. The van der Waals surface area contributed by atoms with Crippen LogP contribution in [0.25, 0.3) is 11.3 Å². The Labute approximate surface area is 122 Å². The minimum atomic E-state index is -1.68. The fourth-order valence-corrected chi connectivity index (χ4v) is 1.78. The van der Waals surface area contributed by atoms with Gasteiger partial charge < -0.3 is 9.52 Å². The molecule has 1 aromatic heterocycles. The van der Waals surface area contributed by atoms with E-state index < -0.39 is 29.8 Å². The number of furan rings is 1. The lowest BCUT2D eigenvalue weighted by Crippen LogP contribution is -2.16. The van der Waals surface area contributed by atoms with Crippen LogP contribution >= 0.6 is 11.6 Å². The highest BCUT2D eigenvalue weighted by molar-refractivity contribution is 6.37. The number of benzene rings is 1. The summed E-state index contributed by atoms with van der Waals surface area (Å²) in [7, 11) is 0. The van der Waals surface area contributed by atoms with Crippen molar-refractivity contribution in [2.24, 2.45) is 0 Å². The lowest BCUT2D eigenvalue weighted by Gasteiger charge is -1.99. The molecule has 2 rings (SSSR count). The van der Waals surface area contributed by atoms with Crippen LogP contribution in [0.2, 0.25) is 5.02 Å². The molecule has 108 valence electrons. The zero-order valence-electron chi connectivity index (χ0n) is 10.4. The van der Waals surface area contributed by atoms with E-state index in [4.69, 9.17) is 21.1 Å². The van der Waals surface area contributed by atoms with Gasteiger partial charge in [-0.15, -0.1) is 0 Å². The summed E-state index contributed by atoms with van der Waals surface area (Å²) in [4.78, 5) is 33.0. The summed E-state index contributed by atoms with van der Waals surface area (Å²) in [5, 5.41) is 8.34. The number of hydrogen-bond donors (Lipinski definition) is 1. The summed E-state index contributed by atoms with van der Waals surface area (Å²) in [5.41, 5.74) is 0.449. The molecule has 5 nitrogen and oxygen atoms in total. The Balaban J connectivity index is 2.21. The monoisotopic (exact) mass is 310 g/mol. The molecule has 0 amide bonds. The van der Waals surface area contributed by atoms with Gasteiger partial charge in [-0.1, -0.05) is 11.6 Å². The number of ketones is 2. The molecule has 0 saturated heterocycles. The Bertz CT molecular complexity index is 735. The predicted octanol–water partition coefficient (Wildman–Crippen LogP) is 2.97. The van der Waals surface area contributed by atoms with Gasteiger partial charge in [-0.2, -0.15) is 0 Å². The van der Waals surface area contributed by atoms with Crippen LogP contribution in [-0.4, -0.2) is 22.6 Å². The maximum absolute atomic E-state index is 13.1. The molecule has 1 aromatic carbocycles. The molecule has 7 heteroatoms. The number of rotatable bonds is 5. The summed E-state index contributed by atoms with van der Waals surface area (Å²) in [5.74, 6) is -4.14. The minimum absolute atomic E-state index is 0.0992. The molecule has 0 atom stereocenters. The van der Waals surface area contributed by atoms with E-state index in [9.17, 15) is 18.8 Å². The quantitative estimate of drug-likeness (QED) is 0.521. The molecule has 1 N–H and O–H groups in total. The molecule has 21 heavy (non-hydrogen) atoms. The van der Waals surface area contributed by atoms with Crippen molar-refractivity contribution in [3.63, 3.8) is 0 Å². The van der Waals surface area contributed by atoms with Gasteiger partial charge in [0.1, 0.15) is 11.6 Å². The maximum Gasteiger partial charge on any atom is 0.372 e. The van der Waals surface area contributed by atoms with Crippen LogP contribution < -0.4 is 0 Å². The number of halogens is 2. The van der Waals surface area contributed by atoms with Crippen LogP contribution in [0.15, 0.2) is 34.7 Å². The number of carbonyl (C=O) groups excluding carboxylic acids is 2. The summed E-state index contributed by atoms with van der Waals surface area (Å²) in [6.07, 6.45) is -0.785. The van der Waals surface area contributed by atoms with Crippen LogP contribution in [0.4, 0.5) is 4.39 Å². The number of aliphatic carboxylic acids is 1. The molecule has 2 aromatic rings. The number of carbonyl (C=O) groups is 3. The van der Waals surface area contributed by atoms with Crippen LogP contribution in [0.5, 0.6) is 0 Å². The van der Waals surface area contributed by atoms with Gasteiger partial charge in [-0.3, -0.25) is 9.59 Å². The van der Waals surface area contributed by atoms with E-state index in [2.05, 4.69) is 0 Å². The summed E-state index contributed by atoms with van der Waals surface area (Å²) < 4.78 is 18.3. The Morgan fingerprint density at radius 1 is 1.19 bits per heavy atom. The van der Waals surface area contributed by atoms with E-state index in [-0.39, 0.29) is 16.5 Å². The average Bonchev–Trinajstić information content (AvgIpc) is 2.91. The van der Waals surface area contributed by atoms with E-state index in [1.807, 2.05) is 0 Å². The number of carboxylic acids is 1. The lowest BCUT2D eigenvalue weighted by molar-refractivity contribution is -0.148. The first-order valence-electron chi connectivity index (χ1n) is 5.73. The first kappa shape index (κ1) is 14.9. The first-order valence-corrected chi connectivity index (χ1v) is 6.11. The van der Waals surface area contributed by atoms with Gasteiger partial charge in [-0.05, 0) is 30.3 Å². The molecular weight excluding hydrogens is 303 g/mol. The standard InChI is InChI=1S/C14H8ClFO5/c15-8-5-7(1-2-9(8)16)12-3-4-13(21-12)10(17)6-11(18)14(19)20/h1-5H,6H2,(H,19,20). The zero-order valence-corrected chi connectivity index (χ0v) is 11.2.